The molecule has 1 aromatic heterocycles. The third-order valence-electron chi connectivity index (χ3n) is 5.38. The molecule has 1 aromatic carbocycles. The van der Waals surface area contributed by atoms with E-state index in [1.165, 1.54) is 0 Å². The minimum atomic E-state index is -2.36. The third kappa shape index (κ3) is 1.83. The Kier molecular flexibility index (Phi) is 3.02. The van der Waals surface area contributed by atoms with E-state index >= 15 is 0 Å². The van der Waals surface area contributed by atoms with Gasteiger partial charge >= 0.3 is 5.97 Å². The lowest BCUT2D eigenvalue weighted by molar-refractivity contribution is -0.322. The summed E-state index contributed by atoms with van der Waals surface area (Å²) in [5.74, 6) is -4.13. The van der Waals surface area contributed by atoms with Crippen LogP contribution in [-0.2, 0) is 35.9 Å². The number of carbonyl (C=O) groups is 1. The van der Waals surface area contributed by atoms with Crippen LogP contribution in [0.3, 0.4) is 0 Å². The fourth-order valence-electron chi connectivity index (χ4n) is 4.19. The molecule has 2 saturated heterocycles. The fourth-order valence-corrected chi connectivity index (χ4v) is 4.19. The van der Waals surface area contributed by atoms with Crippen LogP contribution in [0.25, 0.3) is 10.9 Å². The molecule has 2 fully saturated rings. The Labute approximate surface area is 148 Å². The molecule has 0 amide bonds. The Hall–Kier alpha value is -1.97. The zero-order valence-corrected chi connectivity index (χ0v) is 14.3. The Balaban J connectivity index is 1.66. The maximum absolute atomic E-state index is 12.7. The van der Waals surface area contributed by atoms with Crippen molar-refractivity contribution in [2.45, 2.75) is 49.8 Å². The van der Waals surface area contributed by atoms with E-state index in [-0.39, 0.29) is 18.8 Å². The number of aromatic nitrogens is 1. The fraction of sp³-hybridized carbons (Fsp3) is 0.500. The summed E-state index contributed by atoms with van der Waals surface area (Å²) in [5.41, 5.74) is -0.815. The molecule has 138 valence electrons. The summed E-state index contributed by atoms with van der Waals surface area (Å²) >= 11 is 0. The molecule has 0 radical (unpaired) electrons. The predicted molar refractivity (Wildman–Crippen MR) is 86.7 cm³/mol. The minimum absolute atomic E-state index is 0.00701. The number of carbonyl (C=O) groups excluding carboxylic acids is 1. The van der Waals surface area contributed by atoms with Gasteiger partial charge in [-0.3, -0.25) is 0 Å². The highest BCUT2D eigenvalue weighted by atomic mass is 16.8. The van der Waals surface area contributed by atoms with Gasteiger partial charge in [0.05, 0.1) is 13.2 Å². The van der Waals surface area contributed by atoms with Gasteiger partial charge in [0.25, 0.3) is 5.79 Å². The van der Waals surface area contributed by atoms with Crippen molar-refractivity contribution < 1.29 is 34.0 Å². The molecule has 4 heterocycles. The molecule has 26 heavy (non-hydrogen) atoms. The number of rotatable bonds is 1. The normalized spacial score (nSPS) is 38.2. The molecule has 0 saturated carbocycles. The van der Waals surface area contributed by atoms with Crippen molar-refractivity contribution in [2.75, 3.05) is 6.61 Å². The van der Waals surface area contributed by atoms with Crippen LogP contribution in [0.2, 0.25) is 0 Å². The van der Waals surface area contributed by atoms with Crippen LogP contribution in [-0.4, -0.2) is 51.6 Å². The highest BCUT2D eigenvalue weighted by Crippen LogP contribution is 2.53. The smallest absolute Gasteiger partial charge is 0.349 e. The van der Waals surface area contributed by atoms with Gasteiger partial charge in [0, 0.05) is 22.2 Å². The molecule has 0 spiro atoms. The van der Waals surface area contributed by atoms with Crippen molar-refractivity contribution in [1.82, 2.24) is 4.98 Å². The lowest BCUT2D eigenvalue weighted by Crippen LogP contribution is -2.62. The zero-order chi connectivity index (χ0) is 18.3. The van der Waals surface area contributed by atoms with Gasteiger partial charge in [-0.25, -0.2) is 4.79 Å². The first-order valence-corrected chi connectivity index (χ1v) is 8.48. The van der Waals surface area contributed by atoms with Crippen molar-refractivity contribution in [3.05, 3.63) is 35.5 Å². The third-order valence-corrected chi connectivity index (χ3v) is 5.38. The predicted octanol–water partition coefficient (Wildman–Crippen LogP) is 0.651. The van der Waals surface area contributed by atoms with E-state index in [0.29, 0.717) is 11.1 Å². The lowest BCUT2D eigenvalue weighted by atomic mass is 9.80. The molecule has 8 nitrogen and oxygen atoms in total. The summed E-state index contributed by atoms with van der Waals surface area (Å²) in [7, 11) is 0. The zero-order valence-electron chi connectivity index (χ0n) is 14.3. The highest BCUT2D eigenvalue weighted by molar-refractivity contribution is 5.95. The molecule has 2 aromatic rings. The molecule has 0 bridgehead atoms. The van der Waals surface area contributed by atoms with Crippen molar-refractivity contribution in [3.63, 3.8) is 0 Å². The summed E-state index contributed by atoms with van der Waals surface area (Å²) in [4.78, 5) is 15.9. The number of esters is 1. The second kappa shape index (κ2) is 4.85. The second-order valence-corrected chi connectivity index (χ2v) is 7.41. The minimum Gasteiger partial charge on any atom is -0.451 e. The van der Waals surface area contributed by atoms with Gasteiger partial charge in [0.2, 0.25) is 5.60 Å². The lowest BCUT2D eigenvalue weighted by Gasteiger charge is -2.40. The van der Waals surface area contributed by atoms with Crippen molar-refractivity contribution in [3.8, 4) is 0 Å². The van der Waals surface area contributed by atoms with Crippen LogP contribution in [0.5, 0.6) is 0 Å². The van der Waals surface area contributed by atoms with Crippen molar-refractivity contribution in [2.24, 2.45) is 0 Å². The van der Waals surface area contributed by atoms with Gasteiger partial charge in [0.15, 0.2) is 11.9 Å². The average molecular weight is 361 g/mol. The van der Waals surface area contributed by atoms with Crippen LogP contribution >= 0.6 is 0 Å². The number of para-hydroxylation sites is 1. The van der Waals surface area contributed by atoms with E-state index < -0.39 is 35.4 Å². The maximum atomic E-state index is 12.7. The first-order valence-electron chi connectivity index (χ1n) is 8.48. The number of fused-ring (bicyclic) bond motifs is 5. The molecule has 4 atom stereocenters. The van der Waals surface area contributed by atoms with E-state index in [9.17, 15) is 15.0 Å². The first kappa shape index (κ1) is 16.2. The Morgan fingerprint density at radius 1 is 1.19 bits per heavy atom. The Morgan fingerprint density at radius 2 is 1.96 bits per heavy atom. The summed E-state index contributed by atoms with van der Waals surface area (Å²) in [5, 5.41) is 23.3. The monoisotopic (exact) mass is 361 g/mol. The number of ether oxygens (including phenoxy) is 4. The van der Waals surface area contributed by atoms with Crippen LogP contribution < -0.4 is 0 Å². The second-order valence-electron chi connectivity index (χ2n) is 7.41. The summed E-state index contributed by atoms with van der Waals surface area (Å²) in [6, 6.07) is 7.23. The molecular formula is C18H19NO7. The first-order chi connectivity index (χ1) is 12.3. The quantitative estimate of drug-likeness (QED) is 0.640. The van der Waals surface area contributed by atoms with E-state index in [2.05, 4.69) is 4.98 Å². The van der Waals surface area contributed by atoms with Crippen molar-refractivity contribution in [1.29, 1.82) is 0 Å². The van der Waals surface area contributed by atoms with E-state index in [4.69, 9.17) is 18.9 Å². The van der Waals surface area contributed by atoms with Gasteiger partial charge in [-0.1, -0.05) is 18.2 Å². The number of cyclic esters (lactones) is 1. The number of H-pyrrole nitrogens is 1. The number of aromatic amines is 1. The topological polar surface area (TPSA) is 110 Å². The van der Waals surface area contributed by atoms with Gasteiger partial charge < -0.3 is 34.1 Å². The molecule has 3 N–H and O–H groups in total. The number of nitrogens with one attached hydrogen (secondary N) is 1. The van der Waals surface area contributed by atoms with E-state index in [0.717, 1.165) is 5.52 Å². The molecule has 0 aliphatic carbocycles. The number of aliphatic hydroxyl groups is 2. The molecule has 3 aliphatic heterocycles. The Morgan fingerprint density at radius 3 is 2.69 bits per heavy atom. The molecule has 3 aliphatic rings. The molecule has 0 unspecified atom stereocenters. The van der Waals surface area contributed by atoms with Gasteiger partial charge in [-0.15, -0.1) is 0 Å². The number of hydrogen-bond donors (Lipinski definition) is 3. The summed E-state index contributed by atoms with van der Waals surface area (Å²) in [6.07, 6.45) is -1.98. The SMILES string of the molecule is CC1(C)OC[C@@H]([C@H]2OC(=O)[C@]3(O)c4c([nH]c5ccccc45)CO[C@]23O)O1. The van der Waals surface area contributed by atoms with Gasteiger partial charge in [-0.05, 0) is 19.9 Å². The maximum Gasteiger partial charge on any atom is 0.349 e. The average Bonchev–Trinajstić information content (AvgIpc) is 3.21. The molecule has 8 heteroatoms. The summed E-state index contributed by atoms with van der Waals surface area (Å²) in [6.45, 7) is 3.54. The van der Waals surface area contributed by atoms with E-state index in [1.54, 1.807) is 26.0 Å². The highest BCUT2D eigenvalue weighted by Gasteiger charge is 2.74. The van der Waals surface area contributed by atoms with Gasteiger partial charge in [-0.2, -0.15) is 0 Å². The number of benzene rings is 1. The number of hydrogen-bond acceptors (Lipinski definition) is 7. The van der Waals surface area contributed by atoms with Crippen molar-refractivity contribution >= 4 is 16.9 Å². The standard InChI is InChI=1S/C18H19NO7/c1-16(2)23-8-12(26-16)14-18(22)17(21,15(20)25-14)13-9-5-3-4-6-10(9)19-11(13)7-24-18/h3-6,12,14,19,21-22H,7-8H2,1-2H3/t12-,14+,17+,18+/m0/s1. The van der Waals surface area contributed by atoms with Crippen LogP contribution in [0.1, 0.15) is 25.1 Å². The molecule has 5 rings (SSSR count). The van der Waals surface area contributed by atoms with E-state index in [1.807, 2.05) is 12.1 Å². The largest absolute Gasteiger partial charge is 0.451 e. The summed E-state index contributed by atoms with van der Waals surface area (Å²) < 4.78 is 22.2. The van der Waals surface area contributed by atoms with Crippen LogP contribution in [0.4, 0.5) is 0 Å². The molecular weight excluding hydrogens is 342 g/mol. The van der Waals surface area contributed by atoms with Crippen LogP contribution in [0, 0.1) is 0 Å². The van der Waals surface area contributed by atoms with Gasteiger partial charge in [0.1, 0.15) is 6.10 Å². The van der Waals surface area contributed by atoms with Crippen LogP contribution in [0.15, 0.2) is 24.3 Å². The Bertz CT molecular complexity index is 921.